The number of hydrogen-bond acceptors (Lipinski definition) is 3. The predicted octanol–water partition coefficient (Wildman–Crippen LogP) is 2.05. The van der Waals surface area contributed by atoms with Gasteiger partial charge in [-0.3, -0.25) is 4.99 Å². The highest BCUT2D eigenvalue weighted by molar-refractivity contribution is 14.0. The van der Waals surface area contributed by atoms with E-state index in [-0.39, 0.29) is 24.0 Å². The lowest BCUT2D eigenvalue weighted by Gasteiger charge is -2.22. The first kappa shape index (κ1) is 17.3. The number of aliphatic imine (C=N–C) groups is 1. The van der Waals surface area contributed by atoms with Gasteiger partial charge in [-0.25, -0.2) is 0 Å². The third-order valence-corrected chi connectivity index (χ3v) is 4.70. The molecule has 3 aliphatic rings. The summed E-state index contributed by atoms with van der Waals surface area (Å²) in [4.78, 5) is 4.29. The number of ether oxygens (including phenoxy) is 2. The maximum absolute atomic E-state index is 5.85. The third-order valence-electron chi connectivity index (χ3n) is 4.70. The average molecular weight is 409 g/mol. The molecule has 21 heavy (non-hydrogen) atoms. The van der Waals surface area contributed by atoms with Gasteiger partial charge in [-0.2, -0.15) is 0 Å². The van der Waals surface area contributed by atoms with E-state index in [1.807, 2.05) is 7.05 Å². The quantitative estimate of drug-likeness (QED) is 0.316. The Morgan fingerprint density at radius 1 is 1.24 bits per heavy atom. The van der Waals surface area contributed by atoms with E-state index in [0.717, 1.165) is 25.5 Å². The Balaban J connectivity index is 0.00000161. The summed E-state index contributed by atoms with van der Waals surface area (Å²) >= 11 is 0. The first-order valence-corrected chi connectivity index (χ1v) is 8.09. The SMILES string of the molecule is CN=C(NCCOC1CCCC1)NC1CC2CCC1O2.I. The van der Waals surface area contributed by atoms with Crippen molar-refractivity contribution in [3.8, 4) is 0 Å². The van der Waals surface area contributed by atoms with Crippen LogP contribution in [-0.2, 0) is 9.47 Å². The summed E-state index contributed by atoms with van der Waals surface area (Å²) in [6, 6.07) is 0.427. The lowest BCUT2D eigenvalue weighted by Crippen LogP contribution is -2.48. The molecule has 3 fully saturated rings. The van der Waals surface area contributed by atoms with Crippen LogP contribution in [0.2, 0.25) is 0 Å². The van der Waals surface area contributed by atoms with Crippen LogP contribution in [0.25, 0.3) is 0 Å². The molecule has 122 valence electrons. The van der Waals surface area contributed by atoms with E-state index in [9.17, 15) is 0 Å². The highest BCUT2D eigenvalue weighted by Gasteiger charge is 2.41. The van der Waals surface area contributed by atoms with Crippen molar-refractivity contribution in [3.05, 3.63) is 0 Å². The molecule has 3 rings (SSSR count). The van der Waals surface area contributed by atoms with Crippen molar-refractivity contribution in [2.24, 2.45) is 4.99 Å². The monoisotopic (exact) mass is 409 g/mol. The molecule has 2 heterocycles. The van der Waals surface area contributed by atoms with Crippen LogP contribution in [0.5, 0.6) is 0 Å². The van der Waals surface area contributed by atoms with Gasteiger partial charge in [0.05, 0.1) is 31.0 Å². The largest absolute Gasteiger partial charge is 0.376 e. The molecule has 0 radical (unpaired) electrons. The van der Waals surface area contributed by atoms with Crippen LogP contribution in [0.3, 0.4) is 0 Å². The van der Waals surface area contributed by atoms with E-state index >= 15 is 0 Å². The highest BCUT2D eigenvalue weighted by atomic mass is 127. The summed E-state index contributed by atoms with van der Waals surface area (Å²) in [5.74, 6) is 0.876. The van der Waals surface area contributed by atoms with Crippen molar-refractivity contribution in [1.29, 1.82) is 0 Å². The molecule has 0 spiro atoms. The molecule has 1 saturated carbocycles. The highest BCUT2D eigenvalue weighted by Crippen LogP contribution is 2.34. The van der Waals surface area contributed by atoms with Gasteiger partial charge in [0.1, 0.15) is 0 Å². The lowest BCUT2D eigenvalue weighted by molar-refractivity contribution is 0.0621. The zero-order chi connectivity index (χ0) is 13.8. The van der Waals surface area contributed by atoms with Crippen molar-refractivity contribution in [1.82, 2.24) is 10.6 Å². The van der Waals surface area contributed by atoms with Crippen LogP contribution in [0.4, 0.5) is 0 Å². The van der Waals surface area contributed by atoms with Crippen molar-refractivity contribution in [2.45, 2.75) is 69.3 Å². The molecule has 1 aliphatic carbocycles. The molecule has 5 nitrogen and oxygen atoms in total. The fraction of sp³-hybridized carbons (Fsp3) is 0.933. The first-order chi connectivity index (χ1) is 9.85. The maximum atomic E-state index is 5.85. The summed E-state index contributed by atoms with van der Waals surface area (Å²) in [7, 11) is 1.82. The Kier molecular flexibility index (Phi) is 7.01. The molecule has 2 saturated heterocycles. The number of nitrogens with one attached hydrogen (secondary N) is 2. The summed E-state index contributed by atoms with van der Waals surface area (Å²) in [5.41, 5.74) is 0. The van der Waals surface area contributed by atoms with Crippen LogP contribution in [0.15, 0.2) is 4.99 Å². The Hall–Kier alpha value is -0.0800. The Morgan fingerprint density at radius 2 is 2.05 bits per heavy atom. The first-order valence-electron chi connectivity index (χ1n) is 8.09. The van der Waals surface area contributed by atoms with E-state index in [2.05, 4.69) is 15.6 Å². The number of hydrogen-bond donors (Lipinski definition) is 2. The second kappa shape index (κ2) is 8.53. The number of guanidine groups is 1. The molecule has 2 bridgehead atoms. The van der Waals surface area contributed by atoms with Crippen molar-refractivity contribution < 1.29 is 9.47 Å². The summed E-state index contributed by atoms with van der Waals surface area (Å²) in [5, 5.41) is 6.82. The Morgan fingerprint density at radius 3 is 2.67 bits per heavy atom. The zero-order valence-corrected chi connectivity index (χ0v) is 15.2. The second-order valence-electron chi connectivity index (χ2n) is 6.14. The maximum Gasteiger partial charge on any atom is 0.191 e. The molecule has 0 aromatic carbocycles. The van der Waals surface area contributed by atoms with Crippen LogP contribution in [-0.4, -0.2) is 50.5 Å². The molecule has 0 aromatic heterocycles. The molecule has 2 N–H and O–H groups in total. The van der Waals surface area contributed by atoms with E-state index in [1.54, 1.807) is 0 Å². The molecular formula is C15H28IN3O2. The van der Waals surface area contributed by atoms with E-state index in [4.69, 9.17) is 9.47 Å². The van der Waals surface area contributed by atoms with Crippen molar-refractivity contribution >= 4 is 29.9 Å². The average Bonchev–Trinajstić information content (AvgIpc) is 3.19. The summed E-state index contributed by atoms with van der Waals surface area (Å²) < 4.78 is 11.7. The topological polar surface area (TPSA) is 54.9 Å². The van der Waals surface area contributed by atoms with Crippen LogP contribution in [0.1, 0.15) is 44.9 Å². The minimum absolute atomic E-state index is 0. The van der Waals surface area contributed by atoms with Gasteiger partial charge >= 0.3 is 0 Å². The fourth-order valence-electron chi connectivity index (χ4n) is 3.61. The molecule has 3 atom stereocenters. The summed E-state index contributed by atoms with van der Waals surface area (Å²) in [6.45, 7) is 1.58. The van der Waals surface area contributed by atoms with E-state index in [0.29, 0.717) is 24.4 Å². The molecular weight excluding hydrogens is 381 g/mol. The van der Waals surface area contributed by atoms with Gasteiger partial charge in [0.2, 0.25) is 0 Å². The Labute approximate surface area is 144 Å². The summed E-state index contributed by atoms with van der Waals surface area (Å²) in [6.07, 6.45) is 9.99. The molecule has 3 unspecified atom stereocenters. The smallest absolute Gasteiger partial charge is 0.191 e. The second-order valence-corrected chi connectivity index (χ2v) is 6.14. The predicted molar refractivity (Wildman–Crippen MR) is 94.4 cm³/mol. The minimum Gasteiger partial charge on any atom is -0.376 e. The van der Waals surface area contributed by atoms with Crippen LogP contribution in [0, 0.1) is 0 Å². The molecule has 0 aromatic rings. The van der Waals surface area contributed by atoms with Crippen molar-refractivity contribution in [2.75, 3.05) is 20.2 Å². The van der Waals surface area contributed by atoms with Gasteiger partial charge in [-0.05, 0) is 32.1 Å². The van der Waals surface area contributed by atoms with Crippen LogP contribution >= 0.6 is 24.0 Å². The van der Waals surface area contributed by atoms with Gasteiger partial charge in [0.15, 0.2) is 5.96 Å². The fourth-order valence-corrected chi connectivity index (χ4v) is 3.61. The van der Waals surface area contributed by atoms with Gasteiger partial charge < -0.3 is 20.1 Å². The Bertz CT molecular complexity index is 348. The number of rotatable bonds is 5. The van der Waals surface area contributed by atoms with Crippen LogP contribution < -0.4 is 10.6 Å². The normalized spacial score (nSPS) is 32.2. The van der Waals surface area contributed by atoms with Gasteiger partial charge in [-0.1, -0.05) is 12.8 Å². The van der Waals surface area contributed by atoms with E-state index < -0.39 is 0 Å². The number of fused-ring (bicyclic) bond motifs is 2. The van der Waals surface area contributed by atoms with Gasteiger partial charge in [0.25, 0.3) is 0 Å². The third kappa shape index (κ3) is 4.69. The zero-order valence-electron chi connectivity index (χ0n) is 12.8. The standard InChI is InChI=1S/C15H27N3O2.HI/c1-16-15(17-8-9-19-11-4-2-3-5-11)18-13-10-12-6-7-14(13)20-12;/h11-14H,2-10H2,1H3,(H2,16,17,18);1H. The molecule has 2 aliphatic heterocycles. The molecule has 6 heteroatoms. The minimum atomic E-state index is 0. The molecule has 0 amide bonds. The van der Waals surface area contributed by atoms with Gasteiger partial charge in [-0.15, -0.1) is 24.0 Å². The van der Waals surface area contributed by atoms with Gasteiger partial charge in [0, 0.05) is 13.6 Å². The van der Waals surface area contributed by atoms with Crippen molar-refractivity contribution in [3.63, 3.8) is 0 Å². The lowest BCUT2D eigenvalue weighted by atomic mass is 9.96. The van der Waals surface area contributed by atoms with E-state index in [1.165, 1.54) is 38.5 Å². The number of halogens is 1. The number of nitrogens with zero attached hydrogens (tertiary/aromatic N) is 1.